The second-order valence-corrected chi connectivity index (χ2v) is 7.56. The Morgan fingerprint density at radius 2 is 2.17 bits per heavy atom. The van der Waals surface area contributed by atoms with Crippen LogP contribution < -0.4 is 16.0 Å². The Bertz CT molecular complexity index is 622. The fraction of sp³-hybridized carbons (Fsp3) is 0.500. The molecule has 24 heavy (non-hydrogen) atoms. The fourth-order valence-electron chi connectivity index (χ4n) is 2.79. The molecule has 2 heterocycles. The van der Waals surface area contributed by atoms with E-state index in [1.165, 1.54) is 11.8 Å². The second kappa shape index (κ2) is 8.20. The smallest absolute Gasteiger partial charge is 0.238 e. The van der Waals surface area contributed by atoms with E-state index in [2.05, 4.69) is 20.9 Å². The number of anilines is 1. The average molecular weight is 369 g/mol. The molecular weight excluding hydrogens is 348 g/mol. The average Bonchev–Trinajstić information content (AvgIpc) is 2.57. The SMILES string of the molecule is O=C(CC1Sc2ccc(Cl)cc2NC1=O)NCCN1CCNCC1. The minimum Gasteiger partial charge on any atom is -0.355 e. The van der Waals surface area contributed by atoms with Crippen LogP contribution in [0.3, 0.4) is 0 Å². The van der Waals surface area contributed by atoms with Gasteiger partial charge in [-0.3, -0.25) is 14.5 Å². The zero-order valence-corrected chi connectivity index (χ0v) is 14.9. The van der Waals surface area contributed by atoms with Gasteiger partial charge in [0.25, 0.3) is 0 Å². The van der Waals surface area contributed by atoms with Crippen molar-refractivity contribution in [1.29, 1.82) is 0 Å². The number of rotatable bonds is 5. The first-order valence-electron chi connectivity index (χ1n) is 8.08. The molecule has 0 aromatic heterocycles. The third-order valence-corrected chi connectivity index (χ3v) is 5.60. The minimum atomic E-state index is -0.405. The normalized spacial score (nSPS) is 21.0. The van der Waals surface area contributed by atoms with Crippen molar-refractivity contribution in [3.63, 3.8) is 0 Å². The number of hydrogen-bond donors (Lipinski definition) is 3. The number of thioether (sulfide) groups is 1. The first-order chi connectivity index (χ1) is 11.6. The number of fused-ring (bicyclic) bond motifs is 1. The van der Waals surface area contributed by atoms with E-state index in [9.17, 15) is 9.59 Å². The maximum atomic E-state index is 12.2. The van der Waals surface area contributed by atoms with Crippen molar-refractivity contribution in [2.24, 2.45) is 0 Å². The van der Waals surface area contributed by atoms with Crippen LogP contribution in [0, 0.1) is 0 Å². The zero-order chi connectivity index (χ0) is 16.9. The molecule has 1 atom stereocenters. The van der Waals surface area contributed by atoms with Gasteiger partial charge >= 0.3 is 0 Å². The molecule has 3 rings (SSSR count). The lowest BCUT2D eigenvalue weighted by molar-refractivity contribution is -0.124. The van der Waals surface area contributed by atoms with Crippen molar-refractivity contribution in [2.75, 3.05) is 44.6 Å². The van der Waals surface area contributed by atoms with Gasteiger partial charge in [-0.1, -0.05) is 11.6 Å². The Kier molecular flexibility index (Phi) is 5.99. The first-order valence-corrected chi connectivity index (χ1v) is 9.34. The summed E-state index contributed by atoms with van der Waals surface area (Å²) in [4.78, 5) is 27.5. The first kappa shape index (κ1) is 17.5. The molecule has 8 heteroatoms. The van der Waals surface area contributed by atoms with Crippen molar-refractivity contribution in [3.05, 3.63) is 23.2 Å². The molecule has 1 fully saturated rings. The van der Waals surface area contributed by atoms with Crippen molar-refractivity contribution < 1.29 is 9.59 Å². The van der Waals surface area contributed by atoms with E-state index in [1.54, 1.807) is 12.1 Å². The number of nitrogens with one attached hydrogen (secondary N) is 3. The molecule has 0 aliphatic carbocycles. The van der Waals surface area contributed by atoms with Crippen LogP contribution in [0.5, 0.6) is 0 Å². The van der Waals surface area contributed by atoms with Crippen LogP contribution in [0.2, 0.25) is 5.02 Å². The highest BCUT2D eigenvalue weighted by Crippen LogP contribution is 2.38. The Balaban J connectivity index is 1.46. The van der Waals surface area contributed by atoms with Crippen molar-refractivity contribution in [1.82, 2.24) is 15.5 Å². The van der Waals surface area contributed by atoms with E-state index in [1.807, 2.05) is 6.07 Å². The Morgan fingerprint density at radius 1 is 1.38 bits per heavy atom. The fourth-order valence-corrected chi connectivity index (χ4v) is 4.05. The maximum absolute atomic E-state index is 12.2. The van der Waals surface area contributed by atoms with E-state index in [0.717, 1.165) is 37.6 Å². The summed E-state index contributed by atoms with van der Waals surface area (Å²) in [5.41, 5.74) is 0.716. The van der Waals surface area contributed by atoms with Gasteiger partial charge in [-0.2, -0.15) is 0 Å². The van der Waals surface area contributed by atoms with Crippen LogP contribution >= 0.6 is 23.4 Å². The molecule has 130 valence electrons. The molecule has 6 nitrogen and oxygen atoms in total. The number of piperazine rings is 1. The molecule has 1 aromatic carbocycles. The monoisotopic (exact) mass is 368 g/mol. The number of carbonyl (C=O) groups excluding carboxylic acids is 2. The summed E-state index contributed by atoms with van der Waals surface area (Å²) >= 11 is 7.35. The van der Waals surface area contributed by atoms with E-state index < -0.39 is 5.25 Å². The van der Waals surface area contributed by atoms with Crippen molar-refractivity contribution in [2.45, 2.75) is 16.6 Å². The third-order valence-electron chi connectivity index (χ3n) is 4.09. The molecule has 2 aliphatic heterocycles. The lowest BCUT2D eigenvalue weighted by atomic mass is 10.2. The Morgan fingerprint density at radius 3 is 2.96 bits per heavy atom. The minimum absolute atomic E-state index is 0.0878. The molecular formula is C16H21ClN4O2S. The number of carbonyl (C=O) groups is 2. The highest BCUT2D eigenvalue weighted by atomic mass is 35.5. The van der Waals surface area contributed by atoms with Gasteiger partial charge < -0.3 is 16.0 Å². The Hall–Kier alpha value is -1.28. The quantitative estimate of drug-likeness (QED) is 0.727. The van der Waals surface area contributed by atoms with Gasteiger partial charge in [-0.05, 0) is 18.2 Å². The van der Waals surface area contributed by atoms with Crippen LogP contribution in [0.15, 0.2) is 23.1 Å². The summed E-state index contributed by atoms with van der Waals surface area (Å²) in [5.74, 6) is -0.234. The number of halogens is 1. The number of hydrogen-bond acceptors (Lipinski definition) is 5. The molecule has 0 bridgehead atoms. The van der Waals surface area contributed by atoms with Gasteiger partial charge in [-0.15, -0.1) is 11.8 Å². The molecule has 0 radical (unpaired) electrons. The second-order valence-electron chi connectivity index (χ2n) is 5.88. The lowest BCUT2D eigenvalue weighted by Crippen LogP contribution is -2.46. The Labute approximate surface area is 150 Å². The largest absolute Gasteiger partial charge is 0.355 e. The highest BCUT2D eigenvalue weighted by Gasteiger charge is 2.29. The molecule has 0 spiro atoms. The summed E-state index contributed by atoms with van der Waals surface area (Å²) in [6, 6.07) is 5.39. The molecule has 3 N–H and O–H groups in total. The van der Waals surface area contributed by atoms with Gasteiger partial charge in [-0.25, -0.2) is 0 Å². The molecule has 2 amide bonds. The summed E-state index contributed by atoms with van der Waals surface area (Å²) in [7, 11) is 0. The molecule has 1 unspecified atom stereocenters. The third kappa shape index (κ3) is 4.63. The highest BCUT2D eigenvalue weighted by molar-refractivity contribution is 8.01. The maximum Gasteiger partial charge on any atom is 0.238 e. The van der Waals surface area contributed by atoms with E-state index in [-0.39, 0.29) is 18.2 Å². The number of nitrogens with zero attached hydrogens (tertiary/aromatic N) is 1. The standard InChI is InChI=1S/C16H21ClN4O2S/c17-11-1-2-13-12(9-11)20-16(23)14(24-13)10-15(22)19-5-8-21-6-3-18-4-7-21/h1-2,9,14,18H,3-8,10H2,(H,19,22)(H,20,23). The van der Waals surface area contributed by atoms with Crippen LogP contribution in [0.25, 0.3) is 0 Å². The van der Waals surface area contributed by atoms with Crippen LogP contribution in [-0.2, 0) is 9.59 Å². The predicted octanol–water partition coefficient (Wildman–Crippen LogP) is 1.16. The van der Waals surface area contributed by atoms with Gasteiger partial charge in [0.2, 0.25) is 11.8 Å². The van der Waals surface area contributed by atoms with Gasteiger partial charge in [0.05, 0.1) is 10.9 Å². The predicted molar refractivity (Wildman–Crippen MR) is 96.7 cm³/mol. The van der Waals surface area contributed by atoms with Crippen LogP contribution in [0.4, 0.5) is 5.69 Å². The summed E-state index contributed by atoms with van der Waals surface area (Å²) in [6.45, 7) is 5.47. The molecule has 1 saturated heterocycles. The van der Waals surface area contributed by atoms with Gasteiger partial charge in [0.1, 0.15) is 0 Å². The van der Waals surface area contributed by atoms with Crippen LogP contribution in [0.1, 0.15) is 6.42 Å². The summed E-state index contributed by atoms with van der Waals surface area (Å²) in [5, 5.41) is 9.22. The van der Waals surface area contributed by atoms with E-state index in [0.29, 0.717) is 17.3 Å². The van der Waals surface area contributed by atoms with E-state index >= 15 is 0 Å². The van der Waals surface area contributed by atoms with E-state index in [4.69, 9.17) is 11.6 Å². The molecule has 2 aliphatic rings. The zero-order valence-electron chi connectivity index (χ0n) is 13.3. The summed E-state index contributed by atoms with van der Waals surface area (Å²) in [6.07, 6.45) is 0.181. The van der Waals surface area contributed by atoms with Crippen molar-refractivity contribution in [3.8, 4) is 0 Å². The number of benzene rings is 1. The van der Waals surface area contributed by atoms with Crippen molar-refractivity contribution >= 4 is 40.9 Å². The topological polar surface area (TPSA) is 73.5 Å². The molecule has 0 saturated carbocycles. The number of amides is 2. The van der Waals surface area contributed by atoms with Gasteiger partial charge in [0, 0.05) is 55.6 Å². The molecule has 1 aromatic rings. The lowest BCUT2D eigenvalue weighted by Gasteiger charge is -2.27. The summed E-state index contributed by atoms with van der Waals surface area (Å²) < 4.78 is 0. The van der Waals surface area contributed by atoms with Crippen LogP contribution in [-0.4, -0.2) is 61.2 Å². The van der Waals surface area contributed by atoms with Gasteiger partial charge in [0.15, 0.2) is 0 Å².